The summed E-state index contributed by atoms with van der Waals surface area (Å²) in [4.78, 5) is 9.60. The summed E-state index contributed by atoms with van der Waals surface area (Å²) in [5.41, 5.74) is 0. The van der Waals surface area contributed by atoms with Crippen molar-refractivity contribution in [3.8, 4) is 0 Å². The lowest BCUT2D eigenvalue weighted by Gasteiger charge is -2.35. The third-order valence-electron chi connectivity index (χ3n) is 1.81. The molecule has 0 aromatic carbocycles. The number of rotatable bonds is 4. The summed E-state index contributed by atoms with van der Waals surface area (Å²) >= 11 is 0. The monoisotopic (exact) mass is 320 g/mol. The number of alkyl halides is 11. The van der Waals surface area contributed by atoms with E-state index < -0.39 is 35.8 Å². The van der Waals surface area contributed by atoms with Crippen LogP contribution in [0.1, 0.15) is 0 Å². The van der Waals surface area contributed by atoms with Gasteiger partial charge in [0, 0.05) is 0 Å². The van der Waals surface area contributed by atoms with Crippen molar-refractivity contribution in [2.45, 2.75) is 29.9 Å². The van der Waals surface area contributed by atoms with E-state index in [-0.39, 0.29) is 0 Å². The topological polar surface area (TPSA) is 37.3 Å². The van der Waals surface area contributed by atoms with E-state index in [1.807, 2.05) is 0 Å². The van der Waals surface area contributed by atoms with Crippen LogP contribution < -0.4 is 0 Å². The lowest BCUT2D eigenvalue weighted by molar-refractivity contribution is -0.418. The second-order valence-electron chi connectivity index (χ2n) is 3.10. The van der Waals surface area contributed by atoms with Gasteiger partial charge in [0.25, 0.3) is 0 Å². The molecule has 19 heavy (non-hydrogen) atoms. The number of hydrogen-bond acceptors (Lipinski definition) is 1. The highest BCUT2D eigenvalue weighted by Gasteiger charge is 2.88. The zero-order valence-corrected chi connectivity index (χ0v) is 8.01. The number of halogens is 11. The first-order valence-corrected chi connectivity index (χ1v) is 3.76. The Labute approximate surface area is 95.3 Å². The van der Waals surface area contributed by atoms with Crippen LogP contribution in [0.5, 0.6) is 0 Å². The van der Waals surface area contributed by atoms with Gasteiger partial charge in [0.05, 0.1) is 0 Å². The van der Waals surface area contributed by atoms with Crippen LogP contribution in [-0.4, -0.2) is 40.9 Å². The Bertz CT molecular complexity index is 368. The molecule has 0 spiro atoms. The van der Waals surface area contributed by atoms with Gasteiger partial charge in [-0.05, 0) is 0 Å². The van der Waals surface area contributed by atoms with E-state index in [1.165, 1.54) is 0 Å². The molecule has 0 aliphatic rings. The molecule has 1 N–H and O–H groups in total. The molecule has 114 valence electrons. The van der Waals surface area contributed by atoms with Crippen LogP contribution in [0.15, 0.2) is 0 Å². The van der Waals surface area contributed by atoms with E-state index >= 15 is 0 Å². The second-order valence-corrected chi connectivity index (χ2v) is 3.10. The van der Waals surface area contributed by atoms with E-state index in [0.717, 1.165) is 0 Å². The number of carbonyl (C=O) groups is 1. The highest BCUT2D eigenvalue weighted by Crippen LogP contribution is 2.57. The molecule has 0 aliphatic carbocycles. The summed E-state index contributed by atoms with van der Waals surface area (Å²) in [6, 6.07) is 0. The Kier molecular flexibility index (Phi) is 3.82. The number of aliphatic carboxylic acids is 1. The zero-order valence-electron chi connectivity index (χ0n) is 8.01. The van der Waals surface area contributed by atoms with Crippen molar-refractivity contribution in [2.75, 3.05) is 0 Å². The summed E-state index contributed by atoms with van der Waals surface area (Å²) in [5.74, 6) is -33.6. The van der Waals surface area contributed by atoms with Crippen molar-refractivity contribution in [2.24, 2.45) is 0 Å². The molecule has 0 radical (unpaired) electrons. The summed E-state index contributed by atoms with van der Waals surface area (Å²) in [5, 5.41) is 7.52. The van der Waals surface area contributed by atoms with Crippen molar-refractivity contribution >= 4 is 5.97 Å². The molecule has 0 saturated carbocycles. The van der Waals surface area contributed by atoms with Gasteiger partial charge in [0.15, 0.2) is 0 Å². The maximum Gasteiger partial charge on any atom is 0.460 e. The highest BCUT2D eigenvalue weighted by molar-refractivity contribution is 5.77. The first-order valence-electron chi connectivity index (χ1n) is 3.76. The van der Waals surface area contributed by atoms with Crippen LogP contribution in [0, 0.1) is 0 Å². The van der Waals surface area contributed by atoms with Crippen molar-refractivity contribution in [3.63, 3.8) is 0 Å². The lowest BCUT2D eigenvalue weighted by atomic mass is 10.9. The van der Waals surface area contributed by atoms with Crippen LogP contribution in [0.25, 0.3) is 0 Å². The number of hydrogen-bond donors (Lipinski definition) is 1. The fraction of sp³-hybridized carbons (Fsp3) is 0.833. The van der Waals surface area contributed by atoms with Crippen molar-refractivity contribution in [1.82, 2.24) is 0 Å². The summed E-state index contributed by atoms with van der Waals surface area (Å²) in [7, 11) is 0. The Balaban J connectivity index is 5.99. The minimum absolute atomic E-state index is 3.99. The average molecular weight is 320 g/mol. The Hall–Kier alpha value is -1.30. The highest BCUT2D eigenvalue weighted by atomic mass is 19.5. The molecule has 0 rings (SSSR count). The Morgan fingerprint density at radius 1 is 0.632 bits per heavy atom. The minimum atomic E-state index is -7.68. The molecule has 0 atom stereocenters. The average Bonchev–Trinajstić information content (AvgIpc) is 2.14. The van der Waals surface area contributed by atoms with Gasteiger partial charge in [-0.1, -0.05) is 0 Å². The molecule has 0 heterocycles. The molecule has 0 aromatic rings. The van der Waals surface area contributed by atoms with E-state index in [9.17, 15) is 53.1 Å². The Morgan fingerprint density at radius 3 is 1.16 bits per heavy atom. The van der Waals surface area contributed by atoms with E-state index in [1.54, 1.807) is 0 Å². The molecule has 0 amide bonds. The normalized spacial score (nSPS) is 15.5. The zero-order chi connectivity index (χ0) is 16.1. The van der Waals surface area contributed by atoms with Gasteiger partial charge in [0.1, 0.15) is 0 Å². The molecule has 0 aromatic heterocycles. The van der Waals surface area contributed by atoms with Crippen LogP contribution in [0.4, 0.5) is 48.3 Å². The fourth-order valence-electron chi connectivity index (χ4n) is 0.707. The summed E-state index contributed by atoms with van der Waals surface area (Å²) < 4.78 is 133. The first-order chi connectivity index (χ1) is 7.94. The van der Waals surface area contributed by atoms with Crippen LogP contribution >= 0.6 is 0 Å². The number of carboxylic acid groups (broad SMARTS) is 1. The van der Waals surface area contributed by atoms with Gasteiger partial charge in [-0.3, -0.25) is 0 Å². The lowest BCUT2D eigenvalue weighted by Crippen LogP contribution is -2.68. The maximum atomic E-state index is 12.4. The van der Waals surface area contributed by atoms with E-state index in [4.69, 9.17) is 5.11 Å². The molecular weight excluding hydrogens is 319 g/mol. The summed E-state index contributed by atoms with van der Waals surface area (Å²) in [6.07, 6.45) is -7.30. The van der Waals surface area contributed by atoms with Gasteiger partial charge < -0.3 is 5.11 Å². The van der Waals surface area contributed by atoms with Crippen molar-refractivity contribution < 1.29 is 58.2 Å². The van der Waals surface area contributed by atoms with Crippen LogP contribution in [-0.2, 0) is 4.79 Å². The quantitative estimate of drug-likeness (QED) is 0.638. The van der Waals surface area contributed by atoms with Crippen molar-refractivity contribution in [3.05, 3.63) is 0 Å². The molecule has 0 unspecified atom stereocenters. The Morgan fingerprint density at radius 2 is 0.947 bits per heavy atom. The van der Waals surface area contributed by atoms with Crippen LogP contribution in [0.3, 0.4) is 0 Å². The fourth-order valence-corrected chi connectivity index (χ4v) is 0.707. The van der Waals surface area contributed by atoms with Gasteiger partial charge in [-0.2, -0.15) is 48.3 Å². The molecule has 0 aliphatic heterocycles. The summed E-state index contributed by atoms with van der Waals surface area (Å²) in [6.45, 7) is 0. The number of carboxylic acids is 1. The van der Waals surface area contributed by atoms with Gasteiger partial charge in [-0.25, -0.2) is 4.79 Å². The van der Waals surface area contributed by atoms with E-state index in [0.29, 0.717) is 0 Å². The van der Waals surface area contributed by atoms with Crippen molar-refractivity contribution in [1.29, 1.82) is 0 Å². The molecular formula is C6HF11O2. The third-order valence-corrected chi connectivity index (χ3v) is 1.81. The van der Waals surface area contributed by atoms with Crippen LogP contribution in [0.2, 0.25) is 0 Å². The van der Waals surface area contributed by atoms with Gasteiger partial charge >= 0.3 is 35.8 Å². The molecule has 2 nitrogen and oxygen atoms in total. The largest absolute Gasteiger partial charge is 0.477 e. The first kappa shape index (κ1) is 17.7. The molecule has 0 fully saturated rings. The van der Waals surface area contributed by atoms with Gasteiger partial charge in [0.2, 0.25) is 0 Å². The molecule has 0 bridgehead atoms. The predicted molar refractivity (Wildman–Crippen MR) is 33.5 cm³/mol. The van der Waals surface area contributed by atoms with E-state index in [2.05, 4.69) is 0 Å². The molecule has 13 heteroatoms. The standard InChI is InChI=1S/C6HF11O2/c7-2(8,1(18)19)3(9,10)4(11,12)5(13,14)6(15,16)17/h(H,18,19)/i1+1,2+1,3+1,4+1,5+1,6+1. The smallest absolute Gasteiger partial charge is 0.460 e. The second kappa shape index (κ2) is 4.10. The third kappa shape index (κ3) is 2.18. The predicted octanol–water partition coefficient (Wildman–Crippen LogP) is 3.17. The van der Waals surface area contributed by atoms with Gasteiger partial charge in [-0.15, -0.1) is 0 Å². The molecule has 0 saturated heterocycles. The minimum Gasteiger partial charge on any atom is -0.477 e. The SMILES string of the molecule is O=[13C](O)[13C](F)(F)[13C](F)(F)[13C](F)(F)[13C](F)(F)[13C](F)(F)F. The maximum absolute atomic E-state index is 12.4.